The van der Waals surface area contributed by atoms with Crippen LogP contribution in [-0.4, -0.2) is 31.7 Å². The van der Waals surface area contributed by atoms with Crippen LogP contribution in [0, 0.1) is 6.92 Å². The van der Waals surface area contributed by atoms with E-state index in [1.54, 1.807) is 10.9 Å². The minimum Gasteiger partial charge on any atom is -0.349 e. The molecule has 25 heavy (non-hydrogen) atoms. The van der Waals surface area contributed by atoms with Gasteiger partial charge in [0.15, 0.2) is 11.5 Å². The fourth-order valence-electron chi connectivity index (χ4n) is 3.21. The number of nitrogens with one attached hydrogen (secondary N) is 1. The van der Waals surface area contributed by atoms with Crippen LogP contribution < -0.4 is 5.32 Å². The minimum absolute atomic E-state index is 0.0135. The molecular formula is C19H19N5O. The van der Waals surface area contributed by atoms with Gasteiger partial charge in [-0.1, -0.05) is 6.07 Å². The van der Waals surface area contributed by atoms with E-state index in [0.29, 0.717) is 17.5 Å². The Labute approximate surface area is 145 Å². The van der Waals surface area contributed by atoms with E-state index in [1.165, 1.54) is 0 Å². The van der Waals surface area contributed by atoms with Gasteiger partial charge in [-0.2, -0.15) is 9.78 Å². The molecule has 126 valence electrons. The van der Waals surface area contributed by atoms with Crippen LogP contribution in [0.3, 0.4) is 0 Å². The summed E-state index contributed by atoms with van der Waals surface area (Å²) < 4.78 is 1.75. The Bertz CT molecular complexity index is 970. The molecule has 3 heterocycles. The summed E-state index contributed by atoms with van der Waals surface area (Å²) in [5, 5.41) is 8.56. The Kier molecular flexibility index (Phi) is 3.13. The van der Waals surface area contributed by atoms with Crippen molar-refractivity contribution in [3.05, 3.63) is 47.4 Å². The van der Waals surface area contributed by atoms with Crippen molar-refractivity contribution in [1.29, 1.82) is 0 Å². The maximum atomic E-state index is 12.8. The van der Waals surface area contributed by atoms with E-state index < -0.39 is 0 Å². The lowest BCUT2D eigenvalue weighted by Gasteiger charge is -2.09. The summed E-state index contributed by atoms with van der Waals surface area (Å²) in [7, 11) is 0. The quantitative estimate of drug-likeness (QED) is 0.797. The van der Waals surface area contributed by atoms with Gasteiger partial charge in [-0.25, -0.2) is 9.97 Å². The molecule has 0 aliphatic heterocycles. The van der Waals surface area contributed by atoms with Gasteiger partial charge in [-0.15, -0.1) is 0 Å². The Morgan fingerprint density at radius 3 is 2.76 bits per heavy atom. The lowest BCUT2D eigenvalue weighted by molar-refractivity contribution is 0.0952. The van der Waals surface area contributed by atoms with Crippen molar-refractivity contribution in [2.75, 3.05) is 0 Å². The molecule has 3 aromatic heterocycles. The smallest absolute Gasteiger partial charge is 0.252 e. The molecule has 2 saturated carbocycles. The molecule has 0 radical (unpaired) electrons. The molecule has 0 spiro atoms. The molecule has 5 rings (SSSR count). The Morgan fingerprint density at radius 1 is 1.24 bits per heavy atom. The summed E-state index contributed by atoms with van der Waals surface area (Å²) >= 11 is 0. The van der Waals surface area contributed by atoms with Crippen LogP contribution in [-0.2, 0) is 0 Å². The van der Waals surface area contributed by atoms with Gasteiger partial charge >= 0.3 is 0 Å². The van der Waals surface area contributed by atoms with Gasteiger partial charge in [-0.05, 0) is 50.8 Å². The normalized spacial score (nSPS) is 17.0. The monoisotopic (exact) mass is 333 g/mol. The predicted octanol–water partition coefficient (Wildman–Crippen LogP) is 2.89. The number of fused-ring (bicyclic) bond motifs is 1. The second-order valence-electron chi connectivity index (χ2n) is 7.00. The topological polar surface area (TPSA) is 72.7 Å². The van der Waals surface area contributed by atoms with Gasteiger partial charge < -0.3 is 5.32 Å². The largest absolute Gasteiger partial charge is 0.349 e. The van der Waals surface area contributed by atoms with Gasteiger partial charge in [0.25, 0.3) is 5.91 Å². The lowest BCUT2D eigenvalue weighted by atomic mass is 10.1. The Hall–Kier alpha value is -2.76. The number of aryl methyl sites for hydroxylation is 1. The first kappa shape index (κ1) is 14.6. The number of rotatable bonds is 4. The zero-order chi connectivity index (χ0) is 17.0. The standard InChI is InChI=1S/C19H19N5O/c1-11-17-14(19(25)21-13-7-8-13)10-15(12-5-6-12)22-18(17)24(23-11)16-4-2-3-9-20-16/h2-4,9-10,12-13H,5-8H2,1H3,(H,21,25). The summed E-state index contributed by atoms with van der Waals surface area (Å²) in [6.45, 7) is 1.92. The molecule has 3 aromatic rings. The third-order valence-corrected chi connectivity index (χ3v) is 4.85. The SMILES string of the molecule is Cc1nn(-c2ccccn2)c2nc(C3CC3)cc(C(=O)NC3CC3)c12. The van der Waals surface area contributed by atoms with Gasteiger partial charge in [0.05, 0.1) is 16.6 Å². The fourth-order valence-corrected chi connectivity index (χ4v) is 3.21. The highest BCUT2D eigenvalue weighted by Gasteiger charge is 2.30. The van der Waals surface area contributed by atoms with E-state index >= 15 is 0 Å². The average Bonchev–Trinajstić information content (AvgIpc) is 3.54. The van der Waals surface area contributed by atoms with Crippen LogP contribution >= 0.6 is 0 Å². The minimum atomic E-state index is -0.0135. The highest BCUT2D eigenvalue weighted by atomic mass is 16.1. The molecular weight excluding hydrogens is 314 g/mol. The molecule has 0 aromatic carbocycles. The number of carbonyl (C=O) groups excluding carboxylic acids is 1. The first-order valence-electron chi connectivity index (χ1n) is 8.83. The summed E-state index contributed by atoms with van der Waals surface area (Å²) in [6, 6.07) is 8.00. The number of pyridine rings is 2. The summed E-state index contributed by atoms with van der Waals surface area (Å²) in [5.41, 5.74) is 3.21. The molecule has 2 fully saturated rings. The van der Waals surface area contributed by atoms with E-state index in [2.05, 4.69) is 15.4 Å². The van der Waals surface area contributed by atoms with Gasteiger partial charge in [0.2, 0.25) is 0 Å². The van der Waals surface area contributed by atoms with Crippen molar-refractivity contribution >= 4 is 16.9 Å². The number of carbonyl (C=O) groups is 1. The second-order valence-corrected chi connectivity index (χ2v) is 7.00. The molecule has 2 aliphatic rings. The average molecular weight is 333 g/mol. The first-order valence-corrected chi connectivity index (χ1v) is 8.83. The van der Waals surface area contributed by atoms with Crippen molar-refractivity contribution in [1.82, 2.24) is 25.1 Å². The van der Waals surface area contributed by atoms with Crippen molar-refractivity contribution in [2.24, 2.45) is 0 Å². The maximum Gasteiger partial charge on any atom is 0.252 e. The van der Waals surface area contributed by atoms with Crippen LogP contribution in [0.15, 0.2) is 30.5 Å². The van der Waals surface area contributed by atoms with Gasteiger partial charge in [0.1, 0.15) is 0 Å². The molecule has 1 N–H and O–H groups in total. The van der Waals surface area contributed by atoms with Crippen molar-refractivity contribution in [3.8, 4) is 5.82 Å². The number of nitrogens with zero attached hydrogens (tertiary/aromatic N) is 4. The van der Waals surface area contributed by atoms with Crippen LogP contribution in [0.1, 0.15) is 53.3 Å². The number of amides is 1. The van der Waals surface area contributed by atoms with Crippen LogP contribution in [0.25, 0.3) is 16.9 Å². The predicted molar refractivity (Wildman–Crippen MR) is 93.9 cm³/mol. The van der Waals surface area contributed by atoms with Crippen molar-refractivity contribution < 1.29 is 4.79 Å². The van der Waals surface area contributed by atoms with E-state index in [9.17, 15) is 4.79 Å². The molecule has 6 nitrogen and oxygen atoms in total. The van der Waals surface area contributed by atoms with Gasteiger partial charge in [0, 0.05) is 23.9 Å². The fraction of sp³-hybridized carbons (Fsp3) is 0.368. The van der Waals surface area contributed by atoms with E-state index in [-0.39, 0.29) is 5.91 Å². The molecule has 0 saturated heterocycles. The zero-order valence-electron chi connectivity index (χ0n) is 14.1. The molecule has 6 heteroatoms. The summed E-state index contributed by atoms with van der Waals surface area (Å²) in [5.74, 6) is 1.17. The van der Waals surface area contributed by atoms with E-state index in [1.807, 2.05) is 31.2 Å². The first-order chi connectivity index (χ1) is 12.2. The maximum absolute atomic E-state index is 12.8. The molecule has 1 amide bonds. The third kappa shape index (κ3) is 2.58. The van der Waals surface area contributed by atoms with Crippen molar-refractivity contribution in [2.45, 2.75) is 44.6 Å². The summed E-state index contributed by atoms with van der Waals surface area (Å²) in [4.78, 5) is 22.1. The molecule has 0 unspecified atom stereocenters. The van der Waals surface area contributed by atoms with E-state index in [0.717, 1.165) is 53.9 Å². The molecule has 0 atom stereocenters. The van der Waals surface area contributed by atoms with Gasteiger partial charge in [-0.3, -0.25) is 4.79 Å². The highest BCUT2D eigenvalue weighted by molar-refractivity contribution is 6.07. The number of aromatic nitrogens is 4. The summed E-state index contributed by atoms with van der Waals surface area (Å²) in [6.07, 6.45) is 6.16. The lowest BCUT2D eigenvalue weighted by Crippen LogP contribution is -2.26. The Morgan fingerprint density at radius 2 is 2.08 bits per heavy atom. The highest BCUT2D eigenvalue weighted by Crippen LogP contribution is 2.40. The number of hydrogen-bond donors (Lipinski definition) is 1. The Balaban J connectivity index is 1.72. The zero-order valence-corrected chi connectivity index (χ0v) is 14.1. The third-order valence-electron chi connectivity index (χ3n) is 4.85. The van der Waals surface area contributed by atoms with E-state index in [4.69, 9.17) is 4.98 Å². The number of hydrogen-bond acceptors (Lipinski definition) is 4. The van der Waals surface area contributed by atoms with Crippen LogP contribution in [0.4, 0.5) is 0 Å². The second kappa shape index (κ2) is 5.37. The van der Waals surface area contributed by atoms with Crippen molar-refractivity contribution in [3.63, 3.8) is 0 Å². The molecule has 2 aliphatic carbocycles. The van der Waals surface area contributed by atoms with Crippen LogP contribution in [0.2, 0.25) is 0 Å². The molecule has 0 bridgehead atoms. The van der Waals surface area contributed by atoms with Crippen LogP contribution in [0.5, 0.6) is 0 Å².